The molecule has 0 aliphatic rings. The molecule has 4 rings (SSSR count). The number of fused-ring (bicyclic) bond motifs is 1. The Labute approximate surface area is 197 Å². The third kappa shape index (κ3) is 4.59. The summed E-state index contributed by atoms with van der Waals surface area (Å²) in [6.45, 7) is 5.00. The molecule has 12 heteroatoms. The number of anilines is 1. The molecule has 182 valence electrons. The Morgan fingerprint density at radius 1 is 1.09 bits per heavy atom. The van der Waals surface area contributed by atoms with Gasteiger partial charge >= 0.3 is 12.3 Å². The molecule has 0 spiro atoms. The first-order chi connectivity index (χ1) is 16.4. The third-order valence-electron chi connectivity index (χ3n) is 4.96. The van der Waals surface area contributed by atoms with Crippen LogP contribution in [0.4, 0.5) is 23.7 Å². The first-order valence-corrected chi connectivity index (χ1v) is 10.4. The molecule has 0 fully saturated rings. The van der Waals surface area contributed by atoms with Gasteiger partial charge in [0.25, 0.3) is 5.56 Å². The summed E-state index contributed by atoms with van der Waals surface area (Å²) in [4.78, 5) is 35.7. The van der Waals surface area contributed by atoms with Crippen LogP contribution in [0.1, 0.15) is 26.5 Å². The van der Waals surface area contributed by atoms with E-state index in [2.05, 4.69) is 20.2 Å². The van der Waals surface area contributed by atoms with Crippen molar-refractivity contribution in [3.63, 3.8) is 0 Å². The normalized spacial score (nSPS) is 12.1. The zero-order valence-electron chi connectivity index (χ0n) is 19.2. The fraction of sp³-hybridized carbons (Fsp3) is 0.261. The van der Waals surface area contributed by atoms with Gasteiger partial charge in [-0.05, 0) is 45.0 Å². The molecule has 3 heterocycles. The second-order valence-corrected chi connectivity index (χ2v) is 8.64. The Hall–Kier alpha value is -4.22. The summed E-state index contributed by atoms with van der Waals surface area (Å²) in [5.74, 6) is 0.0203. The van der Waals surface area contributed by atoms with Crippen LogP contribution in [-0.2, 0) is 10.9 Å². The lowest BCUT2D eigenvalue weighted by Crippen LogP contribution is -2.36. The van der Waals surface area contributed by atoms with E-state index in [-0.39, 0.29) is 33.8 Å². The van der Waals surface area contributed by atoms with Crippen LogP contribution in [0.25, 0.3) is 28.1 Å². The molecular formula is C23H21F3N6O3. The van der Waals surface area contributed by atoms with E-state index in [9.17, 15) is 22.8 Å². The maximum Gasteiger partial charge on any atom is 0.433 e. The number of alkyl halides is 3. The number of H-pyrrole nitrogens is 1. The number of para-hydroxylation sites is 1. The minimum atomic E-state index is -4.76. The minimum absolute atomic E-state index is 0.0203. The monoisotopic (exact) mass is 486 g/mol. The van der Waals surface area contributed by atoms with E-state index in [1.54, 1.807) is 51.1 Å². The maximum atomic E-state index is 13.9. The largest absolute Gasteiger partial charge is 0.443 e. The Balaban J connectivity index is 2.15. The van der Waals surface area contributed by atoms with Crippen LogP contribution in [0.5, 0.6) is 0 Å². The molecule has 0 aliphatic heterocycles. The molecule has 4 aromatic rings. The Morgan fingerprint density at radius 3 is 2.34 bits per heavy atom. The van der Waals surface area contributed by atoms with Gasteiger partial charge < -0.3 is 4.74 Å². The third-order valence-corrected chi connectivity index (χ3v) is 4.96. The van der Waals surface area contributed by atoms with E-state index in [4.69, 9.17) is 4.74 Å². The van der Waals surface area contributed by atoms with Gasteiger partial charge in [0.2, 0.25) is 0 Å². The second kappa shape index (κ2) is 8.53. The molecule has 0 saturated heterocycles. The number of nitrogens with one attached hydrogen (secondary N) is 1. The average Bonchev–Trinajstić information content (AvgIpc) is 3.30. The highest BCUT2D eigenvalue weighted by molar-refractivity contribution is 6.05. The van der Waals surface area contributed by atoms with Crippen molar-refractivity contribution in [1.82, 2.24) is 24.7 Å². The number of benzene rings is 1. The van der Waals surface area contributed by atoms with Crippen LogP contribution in [-0.4, -0.2) is 43.5 Å². The number of aromatic nitrogens is 5. The Bertz CT molecular complexity index is 1440. The summed E-state index contributed by atoms with van der Waals surface area (Å²) < 4.78 is 47.2. The number of amides is 1. The van der Waals surface area contributed by atoms with Gasteiger partial charge in [-0.25, -0.2) is 14.8 Å². The molecule has 0 bridgehead atoms. The zero-order chi connectivity index (χ0) is 25.5. The van der Waals surface area contributed by atoms with Gasteiger partial charge in [0.1, 0.15) is 28.8 Å². The lowest BCUT2D eigenvalue weighted by atomic mass is 10.1. The van der Waals surface area contributed by atoms with Crippen LogP contribution >= 0.6 is 0 Å². The van der Waals surface area contributed by atoms with Crippen molar-refractivity contribution < 1.29 is 22.7 Å². The summed E-state index contributed by atoms with van der Waals surface area (Å²) in [6.07, 6.45) is -4.41. The van der Waals surface area contributed by atoms with Gasteiger partial charge in [0.15, 0.2) is 5.82 Å². The number of rotatable bonds is 3. The molecule has 35 heavy (non-hydrogen) atoms. The van der Waals surface area contributed by atoms with Crippen LogP contribution in [0.3, 0.4) is 0 Å². The molecule has 0 unspecified atom stereocenters. The van der Waals surface area contributed by atoms with E-state index in [0.717, 1.165) is 15.5 Å². The summed E-state index contributed by atoms with van der Waals surface area (Å²) in [7, 11) is 1.35. The maximum absolute atomic E-state index is 13.9. The van der Waals surface area contributed by atoms with Crippen molar-refractivity contribution in [2.45, 2.75) is 32.5 Å². The van der Waals surface area contributed by atoms with Crippen LogP contribution in [0.2, 0.25) is 0 Å². The predicted molar refractivity (Wildman–Crippen MR) is 122 cm³/mol. The second-order valence-electron chi connectivity index (χ2n) is 8.64. The van der Waals surface area contributed by atoms with Crippen molar-refractivity contribution in [1.29, 1.82) is 0 Å². The lowest BCUT2D eigenvalue weighted by Gasteiger charge is -2.27. The lowest BCUT2D eigenvalue weighted by molar-refractivity contribution is -0.141. The van der Waals surface area contributed by atoms with Crippen molar-refractivity contribution in [2.75, 3.05) is 11.9 Å². The first kappa shape index (κ1) is 23.9. The number of ether oxygens (including phenoxy) is 1. The number of pyridine rings is 2. The zero-order valence-corrected chi connectivity index (χ0v) is 19.2. The summed E-state index contributed by atoms with van der Waals surface area (Å²) in [5.41, 5.74) is -2.93. The highest BCUT2D eigenvalue weighted by Crippen LogP contribution is 2.36. The Morgan fingerprint density at radius 2 is 1.77 bits per heavy atom. The number of nitrogens with zero attached hydrogens (tertiary/aromatic N) is 5. The summed E-state index contributed by atoms with van der Waals surface area (Å²) in [5, 5.41) is 6.49. The fourth-order valence-corrected chi connectivity index (χ4v) is 3.53. The number of carbonyl (C=O) groups is 1. The standard InChI is InChI=1S/C23H21F3N6O3/c1-22(2,3)35-21(34)31(4)17-14-10-11-15(23(24,25)26)29-19(14)32(13-8-6-5-7-9-13)20(33)16(17)18-27-12-28-30-18/h5-12H,1-4H3,(H,27,28,30). The quantitative estimate of drug-likeness (QED) is 0.455. The molecule has 0 atom stereocenters. The topological polar surface area (TPSA) is 106 Å². The van der Waals surface area contributed by atoms with E-state index >= 15 is 0 Å². The smallest absolute Gasteiger partial charge is 0.433 e. The van der Waals surface area contributed by atoms with Crippen molar-refractivity contribution >= 4 is 22.8 Å². The van der Waals surface area contributed by atoms with Gasteiger partial charge in [-0.2, -0.15) is 18.3 Å². The number of hydrogen-bond acceptors (Lipinski definition) is 6. The van der Waals surface area contributed by atoms with Crippen molar-refractivity contribution in [3.05, 3.63) is 64.8 Å². The van der Waals surface area contributed by atoms with E-state index in [1.807, 2.05) is 0 Å². The van der Waals surface area contributed by atoms with Crippen LogP contribution in [0.15, 0.2) is 53.6 Å². The van der Waals surface area contributed by atoms with Gasteiger partial charge in [-0.1, -0.05) is 18.2 Å². The molecule has 1 amide bonds. The molecule has 0 aliphatic carbocycles. The number of aromatic amines is 1. The minimum Gasteiger partial charge on any atom is -0.443 e. The highest BCUT2D eigenvalue weighted by Gasteiger charge is 2.35. The molecule has 1 N–H and O–H groups in total. The SMILES string of the molecule is CN(C(=O)OC(C)(C)C)c1c(-c2ncn[nH]2)c(=O)n(-c2ccccc2)c2nc(C(F)(F)F)ccc12. The number of carbonyl (C=O) groups excluding carboxylic acids is 1. The van der Waals surface area contributed by atoms with Gasteiger partial charge in [0.05, 0.1) is 11.4 Å². The van der Waals surface area contributed by atoms with Crippen molar-refractivity contribution in [3.8, 4) is 17.1 Å². The average molecular weight is 486 g/mol. The highest BCUT2D eigenvalue weighted by atomic mass is 19.4. The Kier molecular flexibility index (Phi) is 5.83. The van der Waals surface area contributed by atoms with E-state index < -0.39 is 29.1 Å². The first-order valence-electron chi connectivity index (χ1n) is 10.4. The molecular weight excluding hydrogens is 465 g/mol. The summed E-state index contributed by atoms with van der Waals surface area (Å²) >= 11 is 0. The van der Waals surface area contributed by atoms with Gasteiger partial charge in [0, 0.05) is 12.4 Å². The molecule has 1 aromatic carbocycles. The molecule has 0 radical (unpaired) electrons. The number of halogens is 3. The van der Waals surface area contributed by atoms with Gasteiger partial charge in [-0.15, -0.1) is 0 Å². The van der Waals surface area contributed by atoms with E-state index in [0.29, 0.717) is 0 Å². The van der Waals surface area contributed by atoms with Crippen molar-refractivity contribution in [2.24, 2.45) is 0 Å². The number of hydrogen-bond donors (Lipinski definition) is 1. The van der Waals surface area contributed by atoms with E-state index in [1.165, 1.54) is 19.4 Å². The molecule has 9 nitrogen and oxygen atoms in total. The van der Waals surface area contributed by atoms with Crippen LogP contribution < -0.4 is 10.5 Å². The molecule has 3 aromatic heterocycles. The predicted octanol–water partition coefficient (Wildman–Crippen LogP) is 4.56. The van der Waals surface area contributed by atoms with Gasteiger partial charge in [-0.3, -0.25) is 19.4 Å². The fourth-order valence-electron chi connectivity index (χ4n) is 3.53. The van der Waals surface area contributed by atoms with Crippen LogP contribution in [0, 0.1) is 0 Å². The molecule has 0 saturated carbocycles. The summed E-state index contributed by atoms with van der Waals surface area (Å²) in [6, 6.07) is 10.0.